The second-order valence-electron chi connectivity index (χ2n) is 4.99. The molecule has 1 amide bonds. The van der Waals surface area contributed by atoms with Crippen LogP contribution < -0.4 is 5.32 Å². The first-order valence-electron chi connectivity index (χ1n) is 5.69. The molecule has 5 heteroatoms. The molecule has 16 heavy (non-hydrogen) atoms. The van der Waals surface area contributed by atoms with Crippen LogP contribution in [0.4, 0.5) is 9.18 Å². The lowest BCUT2D eigenvalue weighted by Crippen LogP contribution is -2.52. The number of halogens is 1. The van der Waals surface area contributed by atoms with Crippen LogP contribution in [0.5, 0.6) is 0 Å². The summed E-state index contributed by atoms with van der Waals surface area (Å²) >= 11 is 0. The second-order valence-corrected chi connectivity index (χ2v) is 4.99. The number of hydrogen-bond donors (Lipinski definition) is 1. The van der Waals surface area contributed by atoms with Crippen LogP contribution in [-0.2, 0) is 4.74 Å². The number of amides is 1. The van der Waals surface area contributed by atoms with Crippen molar-refractivity contribution in [2.24, 2.45) is 0 Å². The van der Waals surface area contributed by atoms with Crippen LogP contribution in [0, 0.1) is 0 Å². The van der Waals surface area contributed by atoms with Crippen molar-refractivity contribution in [3.05, 3.63) is 0 Å². The van der Waals surface area contributed by atoms with E-state index in [2.05, 4.69) is 5.32 Å². The molecule has 0 saturated carbocycles. The van der Waals surface area contributed by atoms with Crippen molar-refractivity contribution in [1.29, 1.82) is 0 Å². The summed E-state index contributed by atoms with van der Waals surface area (Å²) < 4.78 is 16.9. The minimum Gasteiger partial charge on any atom is -0.447 e. The van der Waals surface area contributed by atoms with Crippen LogP contribution in [0.3, 0.4) is 0 Å². The van der Waals surface area contributed by atoms with Crippen molar-refractivity contribution < 1.29 is 13.9 Å². The fraction of sp³-hybridized carbons (Fsp3) is 0.909. The second kappa shape index (κ2) is 5.48. The van der Waals surface area contributed by atoms with Gasteiger partial charge in [0.2, 0.25) is 0 Å². The Balaban J connectivity index is 2.66. The van der Waals surface area contributed by atoms with Crippen molar-refractivity contribution in [2.75, 3.05) is 26.4 Å². The number of hydrogen-bond acceptors (Lipinski definition) is 3. The third-order valence-electron chi connectivity index (χ3n) is 2.62. The molecule has 0 aromatic heterocycles. The van der Waals surface area contributed by atoms with Gasteiger partial charge in [0, 0.05) is 18.1 Å². The van der Waals surface area contributed by atoms with E-state index >= 15 is 0 Å². The van der Waals surface area contributed by atoms with E-state index in [4.69, 9.17) is 4.74 Å². The lowest BCUT2D eigenvalue weighted by molar-refractivity contribution is 0.0451. The Morgan fingerprint density at radius 3 is 2.69 bits per heavy atom. The Hall–Kier alpha value is -0.840. The highest BCUT2D eigenvalue weighted by atomic mass is 19.1. The molecule has 1 rings (SSSR count). The summed E-state index contributed by atoms with van der Waals surface area (Å²) in [5.74, 6) is 0. The molecule has 0 aromatic carbocycles. The Labute approximate surface area is 96.1 Å². The maximum atomic E-state index is 12.0. The fourth-order valence-electron chi connectivity index (χ4n) is 2.03. The van der Waals surface area contributed by atoms with Gasteiger partial charge in [-0.2, -0.15) is 0 Å². The number of ether oxygens (including phenoxy) is 1. The predicted molar refractivity (Wildman–Crippen MR) is 60.2 cm³/mol. The van der Waals surface area contributed by atoms with E-state index in [0.29, 0.717) is 0 Å². The van der Waals surface area contributed by atoms with Crippen LogP contribution in [-0.4, -0.2) is 48.9 Å². The Kier molecular flexibility index (Phi) is 4.53. The van der Waals surface area contributed by atoms with Crippen molar-refractivity contribution in [1.82, 2.24) is 10.2 Å². The number of nitrogens with zero attached hydrogens (tertiary/aromatic N) is 1. The van der Waals surface area contributed by atoms with Gasteiger partial charge < -0.3 is 10.1 Å². The number of carbonyl (C=O) groups is 1. The van der Waals surface area contributed by atoms with Gasteiger partial charge in [-0.25, -0.2) is 9.18 Å². The maximum Gasteiger partial charge on any atom is 0.410 e. The van der Waals surface area contributed by atoms with Gasteiger partial charge in [-0.05, 0) is 33.7 Å². The average Bonchev–Trinajstić information content (AvgIpc) is 2.65. The molecule has 0 spiro atoms. The number of alkyl halides is 1. The largest absolute Gasteiger partial charge is 0.447 e. The van der Waals surface area contributed by atoms with Gasteiger partial charge in [0.05, 0.1) is 0 Å². The SMILES string of the molecule is CC(C)(C)N(C(=O)OCCF)[C@@H]1CCNC1. The van der Waals surface area contributed by atoms with E-state index in [1.165, 1.54) is 0 Å². The summed E-state index contributed by atoms with van der Waals surface area (Å²) in [4.78, 5) is 13.6. The zero-order chi connectivity index (χ0) is 12.2. The molecule has 0 aromatic rings. The molecule has 1 aliphatic heterocycles. The van der Waals surface area contributed by atoms with Crippen molar-refractivity contribution in [2.45, 2.75) is 38.8 Å². The Bertz CT molecular complexity index is 235. The smallest absolute Gasteiger partial charge is 0.410 e. The Morgan fingerprint density at radius 2 is 2.25 bits per heavy atom. The van der Waals surface area contributed by atoms with E-state index in [0.717, 1.165) is 19.5 Å². The van der Waals surface area contributed by atoms with E-state index in [-0.39, 0.29) is 18.2 Å². The topological polar surface area (TPSA) is 41.6 Å². The monoisotopic (exact) mass is 232 g/mol. The fourth-order valence-corrected chi connectivity index (χ4v) is 2.03. The van der Waals surface area contributed by atoms with Crippen molar-refractivity contribution >= 4 is 6.09 Å². The lowest BCUT2D eigenvalue weighted by atomic mass is 10.0. The third-order valence-corrected chi connectivity index (χ3v) is 2.62. The molecule has 0 aliphatic carbocycles. The molecule has 4 nitrogen and oxygen atoms in total. The highest BCUT2D eigenvalue weighted by molar-refractivity contribution is 5.69. The summed E-state index contributed by atoms with van der Waals surface area (Å²) in [5, 5.41) is 3.21. The van der Waals surface area contributed by atoms with E-state index in [1.807, 2.05) is 20.8 Å². The molecule has 1 fully saturated rings. The minimum absolute atomic E-state index is 0.145. The third kappa shape index (κ3) is 3.33. The summed E-state index contributed by atoms with van der Waals surface area (Å²) in [6.07, 6.45) is 0.501. The van der Waals surface area contributed by atoms with Gasteiger partial charge in [0.15, 0.2) is 0 Å². The quantitative estimate of drug-likeness (QED) is 0.802. The molecule has 1 saturated heterocycles. The van der Waals surface area contributed by atoms with Crippen LogP contribution in [0.15, 0.2) is 0 Å². The molecule has 0 unspecified atom stereocenters. The molecule has 1 N–H and O–H groups in total. The summed E-state index contributed by atoms with van der Waals surface area (Å²) in [6, 6.07) is 0.145. The number of rotatable bonds is 3. The highest BCUT2D eigenvalue weighted by Crippen LogP contribution is 2.21. The number of carbonyl (C=O) groups excluding carboxylic acids is 1. The molecule has 1 aliphatic rings. The number of nitrogens with one attached hydrogen (secondary N) is 1. The molecular formula is C11H21FN2O2. The maximum absolute atomic E-state index is 12.0. The standard InChI is InChI=1S/C11H21FN2O2/c1-11(2,3)14(9-4-6-13-8-9)10(15)16-7-5-12/h9,13H,4-8H2,1-3H3/t9-/m1/s1. The Morgan fingerprint density at radius 1 is 1.56 bits per heavy atom. The molecule has 0 radical (unpaired) electrons. The van der Waals surface area contributed by atoms with Crippen molar-refractivity contribution in [3.63, 3.8) is 0 Å². The lowest BCUT2D eigenvalue weighted by Gasteiger charge is -2.38. The highest BCUT2D eigenvalue weighted by Gasteiger charge is 2.35. The summed E-state index contributed by atoms with van der Waals surface area (Å²) in [5.41, 5.74) is -0.302. The minimum atomic E-state index is -0.632. The summed E-state index contributed by atoms with van der Waals surface area (Å²) in [6.45, 7) is 6.78. The summed E-state index contributed by atoms with van der Waals surface area (Å²) in [7, 11) is 0. The van der Waals surface area contributed by atoms with Crippen molar-refractivity contribution in [3.8, 4) is 0 Å². The first kappa shape index (κ1) is 13.2. The molecular weight excluding hydrogens is 211 g/mol. The van der Waals surface area contributed by atoms with Gasteiger partial charge in [-0.1, -0.05) is 0 Å². The van der Waals surface area contributed by atoms with E-state index in [1.54, 1.807) is 4.90 Å². The first-order chi connectivity index (χ1) is 7.46. The normalized spacial score (nSPS) is 20.9. The predicted octanol–water partition coefficient (Wildman–Crippen LogP) is 1.55. The zero-order valence-electron chi connectivity index (χ0n) is 10.3. The molecule has 0 bridgehead atoms. The van der Waals surface area contributed by atoms with Crippen LogP contribution >= 0.6 is 0 Å². The van der Waals surface area contributed by atoms with E-state index < -0.39 is 12.8 Å². The van der Waals surface area contributed by atoms with Gasteiger partial charge in [0.1, 0.15) is 13.3 Å². The molecule has 1 heterocycles. The van der Waals surface area contributed by atoms with Gasteiger partial charge in [0.25, 0.3) is 0 Å². The van der Waals surface area contributed by atoms with Crippen LogP contribution in [0.2, 0.25) is 0 Å². The van der Waals surface area contributed by atoms with Gasteiger partial charge in [-0.3, -0.25) is 4.90 Å². The van der Waals surface area contributed by atoms with Gasteiger partial charge >= 0.3 is 6.09 Å². The average molecular weight is 232 g/mol. The molecule has 1 atom stereocenters. The van der Waals surface area contributed by atoms with E-state index in [9.17, 15) is 9.18 Å². The van der Waals surface area contributed by atoms with Gasteiger partial charge in [-0.15, -0.1) is 0 Å². The first-order valence-corrected chi connectivity index (χ1v) is 5.69. The van der Waals surface area contributed by atoms with Crippen LogP contribution in [0.1, 0.15) is 27.2 Å². The van der Waals surface area contributed by atoms with Crippen LogP contribution in [0.25, 0.3) is 0 Å². The molecule has 94 valence electrons. The zero-order valence-corrected chi connectivity index (χ0v) is 10.3.